The Morgan fingerprint density at radius 2 is 1.89 bits per heavy atom. The zero-order valence-corrected chi connectivity index (χ0v) is 22.3. The summed E-state index contributed by atoms with van der Waals surface area (Å²) < 4.78 is 7.25. The summed E-state index contributed by atoms with van der Waals surface area (Å²) in [6.07, 6.45) is 6.21. The quantitative estimate of drug-likeness (QED) is 0.430. The van der Waals surface area contributed by atoms with E-state index in [-0.39, 0.29) is 29.5 Å². The molecule has 1 aliphatic rings. The van der Waals surface area contributed by atoms with Crippen LogP contribution < -0.4 is 10.3 Å². The molecule has 0 spiro atoms. The molecule has 1 fully saturated rings. The third-order valence-corrected chi connectivity index (χ3v) is 6.71. The second kappa shape index (κ2) is 9.52. The van der Waals surface area contributed by atoms with E-state index in [1.807, 2.05) is 45.9 Å². The van der Waals surface area contributed by atoms with E-state index >= 15 is 0 Å². The minimum absolute atomic E-state index is 0.00310. The molecule has 2 heterocycles. The van der Waals surface area contributed by atoms with Gasteiger partial charge in [-0.2, -0.15) is 0 Å². The molecular formula is C29H35N3O4. The number of hydrogen-bond acceptors (Lipinski definition) is 5. The highest BCUT2D eigenvalue weighted by molar-refractivity contribution is 5.98. The number of pyridine rings is 2. The molecule has 1 saturated carbocycles. The van der Waals surface area contributed by atoms with E-state index in [9.17, 15) is 14.4 Å². The molecule has 7 heteroatoms. The van der Waals surface area contributed by atoms with E-state index in [1.165, 1.54) is 0 Å². The van der Waals surface area contributed by atoms with Crippen LogP contribution in [0.4, 0.5) is 5.82 Å². The Bertz CT molecular complexity index is 1410. The van der Waals surface area contributed by atoms with Crippen molar-refractivity contribution in [1.82, 2.24) is 9.55 Å². The van der Waals surface area contributed by atoms with E-state index < -0.39 is 11.4 Å². The first kappa shape index (κ1) is 25.6. The van der Waals surface area contributed by atoms with Crippen molar-refractivity contribution in [3.63, 3.8) is 0 Å². The van der Waals surface area contributed by atoms with Crippen molar-refractivity contribution in [2.24, 2.45) is 5.41 Å². The van der Waals surface area contributed by atoms with Crippen molar-refractivity contribution in [1.29, 1.82) is 0 Å². The van der Waals surface area contributed by atoms with Gasteiger partial charge in [0.1, 0.15) is 11.4 Å². The molecule has 0 unspecified atom stereocenters. The van der Waals surface area contributed by atoms with Crippen LogP contribution in [0.2, 0.25) is 0 Å². The van der Waals surface area contributed by atoms with Crippen molar-refractivity contribution in [3.8, 4) is 11.1 Å². The molecule has 2 aromatic heterocycles. The predicted molar refractivity (Wildman–Crippen MR) is 143 cm³/mol. The molecule has 0 saturated heterocycles. The van der Waals surface area contributed by atoms with Gasteiger partial charge in [0.15, 0.2) is 0 Å². The van der Waals surface area contributed by atoms with E-state index in [0.29, 0.717) is 17.6 Å². The van der Waals surface area contributed by atoms with Gasteiger partial charge < -0.3 is 9.30 Å². The maximum Gasteiger partial charge on any atom is 0.343 e. The van der Waals surface area contributed by atoms with Crippen LogP contribution in [0.25, 0.3) is 22.0 Å². The van der Waals surface area contributed by atoms with E-state index in [2.05, 4.69) is 16.5 Å². The largest absolute Gasteiger partial charge is 0.462 e. The zero-order valence-electron chi connectivity index (χ0n) is 22.3. The first-order valence-electron chi connectivity index (χ1n) is 12.6. The summed E-state index contributed by atoms with van der Waals surface area (Å²) in [6.45, 7) is 11.7. The van der Waals surface area contributed by atoms with Crippen molar-refractivity contribution < 1.29 is 14.3 Å². The molecule has 3 aromatic rings. The lowest BCUT2D eigenvalue weighted by molar-refractivity contribution is -0.125. The van der Waals surface area contributed by atoms with Gasteiger partial charge in [-0.25, -0.2) is 9.78 Å². The highest BCUT2D eigenvalue weighted by atomic mass is 16.5. The van der Waals surface area contributed by atoms with Gasteiger partial charge in [-0.1, -0.05) is 33.8 Å². The number of carbonyl (C=O) groups is 2. The first-order valence-corrected chi connectivity index (χ1v) is 12.6. The molecule has 1 aromatic carbocycles. The summed E-state index contributed by atoms with van der Waals surface area (Å²) in [7, 11) is 1.76. The van der Waals surface area contributed by atoms with Crippen LogP contribution in [0.1, 0.15) is 75.0 Å². The predicted octanol–water partition coefficient (Wildman–Crippen LogP) is 5.45. The van der Waals surface area contributed by atoms with Gasteiger partial charge in [0.2, 0.25) is 11.3 Å². The second-order valence-corrected chi connectivity index (χ2v) is 10.6. The number of anilines is 1. The van der Waals surface area contributed by atoms with Crippen molar-refractivity contribution in [2.75, 3.05) is 18.6 Å². The number of aryl methyl sites for hydroxylation is 2. The second-order valence-electron chi connectivity index (χ2n) is 10.6. The van der Waals surface area contributed by atoms with Gasteiger partial charge in [-0.05, 0) is 61.9 Å². The van der Waals surface area contributed by atoms with Crippen molar-refractivity contribution >= 4 is 28.6 Å². The highest BCUT2D eigenvalue weighted by Gasteiger charge is 2.30. The minimum atomic E-state index is -0.578. The number of ether oxygens (including phenoxy) is 1. The summed E-state index contributed by atoms with van der Waals surface area (Å²) in [5.74, 6) is 0.0494. The van der Waals surface area contributed by atoms with E-state index in [0.717, 1.165) is 40.6 Å². The molecule has 0 atom stereocenters. The molecular weight excluding hydrogens is 454 g/mol. The molecule has 1 aliphatic carbocycles. The van der Waals surface area contributed by atoms with Crippen LogP contribution >= 0.6 is 0 Å². The number of esters is 1. The third kappa shape index (κ3) is 4.54. The van der Waals surface area contributed by atoms with E-state index in [4.69, 9.17) is 4.74 Å². The average molecular weight is 490 g/mol. The van der Waals surface area contributed by atoms with Gasteiger partial charge in [-0.15, -0.1) is 0 Å². The molecule has 1 amide bonds. The lowest BCUT2D eigenvalue weighted by Gasteiger charge is -2.26. The fraction of sp³-hybridized carbons (Fsp3) is 0.448. The van der Waals surface area contributed by atoms with Crippen LogP contribution in [0.5, 0.6) is 0 Å². The number of nitrogens with zero attached hydrogens (tertiary/aromatic N) is 3. The van der Waals surface area contributed by atoms with Crippen LogP contribution in [0, 0.1) is 12.3 Å². The monoisotopic (exact) mass is 489 g/mol. The number of benzene rings is 1. The molecule has 0 radical (unpaired) electrons. The molecule has 190 valence electrons. The Kier molecular flexibility index (Phi) is 6.78. The Hall–Kier alpha value is -3.48. The Morgan fingerprint density at radius 3 is 2.44 bits per heavy atom. The van der Waals surface area contributed by atoms with Gasteiger partial charge >= 0.3 is 5.97 Å². The van der Waals surface area contributed by atoms with E-state index in [1.54, 1.807) is 31.3 Å². The smallest absolute Gasteiger partial charge is 0.343 e. The lowest BCUT2D eigenvalue weighted by atomic mass is 9.93. The molecule has 0 aliphatic heterocycles. The number of amides is 1. The SMILES string of the molecule is CCOC(=O)c1cn(C2CC2)c2c(CC)c(-c3cnc(N(C)C(=O)C(C)(C)C)c(C)c3)ccc2c1=O. The summed E-state index contributed by atoms with van der Waals surface area (Å²) in [6, 6.07) is 6.06. The zero-order chi connectivity index (χ0) is 26.4. The number of fused-ring (bicyclic) bond motifs is 1. The Morgan fingerprint density at radius 1 is 1.19 bits per heavy atom. The normalized spacial score (nSPS) is 13.6. The fourth-order valence-electron chi connectivity index (χ4n) is 4.81. The summed E-state index contributed by atoms with van der Waals surface area (Å²) in [5, 5.41) is 0.532. The Labute approximate surface area is 212 Å². The van der Waals surface area contributed by atoms with Crippen LogP contribution in [0.3, 0.4) is 0 Å². The molecule has 7 nitrogen and oxygen atoms in total. The molecule has 0 bridgehead atoms. The van der Waals surface area contributed by atoms with Crippen LogP contribution in [0.15, 0.2) is 35.4 Å². The molecule has 4 rings (SSSR count). The maximum atomic E-state index is 13.3. The van der Waals surface area contributed by atoms with Crippen LogP contribution in [-0.2, 0) is 16.0 Å². The molecule has 0 N–H and O–H groups in total. The summed E-state index contributed by atoms with van der Waals surface area (Å²) >= 11 is 0. The van der Waals surface area contributed by atoms with Crippen molar-refractivity contribution in [2.45, 2.75) is 66.8 Å². The van der Waals surface area contributed by atoms with Gasteiger partial charge in [0.05, 0.1) is 12.1 Å². The number of aromatic nitrogens is 2. The number of carbonyl (C=O) groups excluding carboxylic acids is 2. The standard InChI is InChI=1S/C29H35N3O4/c1-8-20-21(18-14-17(3)26(30-15-18)31(7)28(35)29(4,5)6)12-13-22-24(20)32(19-10-11-19)16-23(25(22)33)27(34)36-9-2/h12-16,19H,8-11H2,1-7H3. The first-order chi connectivity index (χ1) is 17.0. The topological polar surface area (TPSA) is 81.5 Å². The van der Waals surface area contributed by atoms with Gasteiger partial charge in [-0.3, -0.25) is 14.5 Å². The molecule has 36 heavy (non-hydrogen) atoms. The number of rotatable bonds is 6. The lowest BCUT2D eigenvalue weighted by Crippen LogP contribution is -2.37. The summed E-state index contributed by atoms with van der Waals surface area (Å²) in [5.41, 5.74) is 4.01. The van der Waals surface area contributed by atoms with Crippen LogP contribution in [-0.4, -0.2) is 35.1 Å². The van der Waals surface area contributed by atoms with Gasteiger partial charge in [0.25, 0.3) is 0 Å². The summed E-state index contributed by atoms with van der Waals surface area (Å²) in [4.78, 5) is 44.9. The highest BCUT2D eigenvalue weighted by Crippen LogP contribution is 2.40. The minimum Gasteiger partial charge on any atom is -0.462 e. The maximum absolute atomic E-state index is 13.3. The number of hydrogen-bond donors (Lipinski definition) is 0. The fourth-order valence-corrected chi connectivity index (χ4v) is 4.81. The van der Waals surface area contributed by atoms with Gasteiger partial charge in [0, 0.05) is 41.8 Å². The van der Waals surface area contributed by atoms with Crippen molar-refractivity contribution in [3.05, 3.63) is 57.5 Å². The average Bonchev–Trinajstić information content (AvgIpc) is 3.67. The third-order valence-electron chi connectivity index (χ3n) is 6.71. The Balaban J connectivity index is 1.87.